The van der Waals surface area contributed by atoms with Gasteiger partial charge in [0.15, 0.2) is 17.0 Å². The smallest absolute Gasteiger partial charge is 0.227 e. The lowest BCUT2D eigenvalue weighted by molar-refractivity contribution is -0.130. The van der Waals surface area contributed by atoms with Gasteiger partial charge in [-0.25, -0.2) is 9.97 Å². The maximum absolute atomic E-state index is 12.8. The number of aryl methyl sites for hydroxylation is 1. The topological polar surface area (TPSA) is 89.3 Å². The Morgan fingerprint density at radius 2 is 1.82 bits per heavy atom. The molecule has 0 bridgehead atoms. The van der Waals surface area contributed by atoms with E-state index in [9.17, 15) is 4.79 Å². The lowest BCUT2D eigenvalue weighted by atomic mass is 10.1. The average Bonchev–Trinajstić information content (AvgIpc) is 3.28. The number of piperazine rings is 1. The second-order valence-corrected chi connectivity index (χ2v) is 8.10. The van der Waals surface area contributed by atoms with Crippen molar-refractivity contribution in [1.29, 1.82) is 0 Å². The number of carbonyl (C=O) groups is 1. The third-order valence-electron chi connectivity index (χ3n) is 5.91. The van der Waals surface area contributed by atoms with Gasteiger partial charge in [-0.05, 0) is 36.8 Å². The molecule has 0 radical (unpaired) electrons. The molecule has 9 heteroatoms. The van der Waals surface area contributed by atoms with E-state index >= 15 is 0 Å². The Balaban J connectivity index is 1.30. The molecule has 1 amide bonds. The molecule has 0 atom stereocenters. The van der Waals surface area contributed by atoms with Crippen molar-refractivity contribution >= 4 is 22.9 Å². The summed E-state index contributed by atoms with van der Waals surface area (Å²) in [5, 5.41) is 8.67. The quantitative estimate of drug-likeness (QED) is 0.468. The number of benzene rings is 2. The first-order chi connectivity index (χ1) is 16.1. The molecule has 1 fully saturated rings. The summed E-state index contributed by atoms with van der Waals surface area (Å²) in [7, 11) is 1.63. The average molecular weight is 444 g/mol. The highest BCUT2D eigenvalue weighted by Gasteiger charge is 2.25. The summed E-state index contributed by atoms with van der Waals surface area (Å²) in [4.78, 5) is 25.8. The number of hydrogen-bond acceptors (Lipinski definition) is 7. The van der Waals surface area contributed by atoms with Gasteiger partial charge in [-0.1, -0.05) is 35.0 Å². The molecule has 5 rings (SSSR count). The van der Waals surface area contributed by atoms with Gasteiger partial charge < -0.3 is 14.5 Å². The third-order valence-corrected chi connectivity index (χ3v) is 5.91. The predicted molar refractivity (Wildman–Crippen MR) is 125 cm³/mol. The van der Waals surface area contributed by atoms with Crippen molar-refractivity contribution in [3.8, 4) is 11.4 Å². The normalized spacial score (nSPS) is 14.0. The molecule has 3 heterocycles. The van der Waals surface area contributed by atoms with Crippen LogP contribution in [-0.4, -0.2) is 69.1 Å². The zero-order valence-corrected chi connectivity index (χ0v) is 18.7. The van der Waals surface area contributed by atoms with E-state index in [-0.39, 0.29) is 5.91 Å². The monoisotopic (exact) mass is 443 g/mol. The van der Waals surface area contributed by atoms with Gasteiger partial charge in [0.2, 0.25) is 5.91 Å². The molecule has 1 aliphatic rings. The standard InChI is InChI=1S/C24H25N7O2/c1-17-4-3-5-18(14-17)15-21(32)29-10-12-30(13-11-29)23-22-24(26-16-25-23)31(28-27-22)19-6-8-20(33-2)9-7-19/h3-9,14,16H,10-13,15H2,1-2H3. The molecule has 0 spiro atoms. The van der Waals surface area contributed by atoms with E-state index < -0.39 is 0 Å². The molecule has 33 heavy (non-hydrogen) atoms. The largest absolute Gasteiger partial charge is 0.497 e. The fraction of sp³-hybridized carbons (Fsp3) is 0.292. The van der Waals surface area contributed by atoms with Crippen LogP contribution < -0.4 is 9.64 Å². The molecule has 168 valence electrons. The van der Waals surface area contributed by atoms with Gasteiger partial charge in [-0.15, -0.1) is 5.10 Å². The minimum absolute atomic E-state index is 0.151. The number of rotatable bonds is 5. The van der Waals surface area contributed by atoms with Crippen molar-refractivity contribution < 1.29 is 9.53 Å². The van der Waals surface area contributed by atoms with Gasteiger partial charge >= 0.3 is 0 Å². The van der Waals surface area contributed by atoms with Crippen LogP contribution in [-0.2, 0) is 11.2 Å². The summed E-state index contributed by atoms with van der Waals surface area (Å²) in [6.07, 6.45) is 1.96. The number of anilines is 1. The van der Waals surface area contributed by atoms with Gasteiger partial charge in [-0.2, -0.15) is 4.68 Å². The molecule has 1 saturated heterocycles. The molecule has 2 aromatic carbocycles. The van der Waals surface area contributed by atoms with Crippen LogP contribution in [0, 0.1) is 6.92 Å². The van der Waals surface area contributed by atoms with Crippen LogP contribution in [0.25, 0.3) is 16.9 Å². The first-order valence-electron chi connectivity index (χ1n) is 10.9. The minimum Gasteiger partial charge on any atom is -0.497 e. The fourth-order valence-electron chi connectivity index (χ4n) is 4.14. The lowest BCUT2D eigenvalue weighted by Gasteiger charge is -2.35. The number of hydrogen-bond donors (Lipinski definition) is 0. The highest BCUT2D eigenvalue weighted by Crippen LogP contribution is 2.24. The number of fused-ring (bicyclic) bond motifs is 1. The highest BCUT2D eigenvalue weighted by molar-refractivity contribution is 5.84. The summed E-state index contributed by atoms with van der Waals surface area (Å²) in [5.41, 5.74) is 4.35. The zero-order chi connectivity index (χ0) is 22.8. The van der Waals surface area contributed by atoms with E-state index in [1.165, 1.54) is 11.9 Å². The number of ether oxygens (including phenoxy) is 1. The second kappa shape index (κ2) is 8.85. The molecular formula is C24H25N7O2. The number of aromatic nitrogens is 5. The Hall–Kier alpha value is -4.01. The molecule has 4 aromatic rings. The molecular weight excluding hydrogens is 418 g/mol. The summed E-state index contributed by atoms with van der Waals surface area (Å²) in [5.74, 6) is 1.66. The molecule has 0 aliphatic carbocycles. The molecule has 9 nitrogen and oxygen atoms in total. The van der Waals surface area contributed by atoms with Gasteiger partial charge in [0, 0.05) is 26.2 Å². The summed E-state index contributed by atoms with van der Waals surface area (Å²) in [6.45, 7) is 4.69. The van der Waals surface area contributed by atoms with E-state index in [1.807, 2.05) is 54.3 Å². The van der Waals surface area contributed by atoms with E-state index in [4.69, 9.17) is 4.74 Å². The van der Waals surface area contributed by atoms with E-state index in [2.05, 4.69) is 31.2 Å². The third kappa shape index (κ3) is 4.21. The van der Waals surface area contributed by atoms with E-state index in [0.717, 1.165) is 22.8 Å². The van der Waals surface area contributed by atoms with E-state index in [0.29, 0.717) is 43.8 Å². The van der Waals surface area contributed by atoms with Crippen LogP contribution in [0.4, 0.5) is 5.82 Å². The lowest BCUT2D eigenvalue weighted by Crippen LogP contribution is -2.49. The van der Waals surface area contributed by atoms with Gasteiger partial charge in [-0.3, -0.25) is 4.79 Å². The van der Waals surface area contributed by atoms with Gasteiger partial charge in [0.05, 0.1) is 19.2 Å². The van der Waals surface area contributed by atoms with Crippen LogP contribution >= 0.6 is 0 Å². The van der Waals surface area contributed by atoms with E-state index in [1.54, 1.807) is 11.8 Å². The summed E-state index contributed by atoms with van der Waals surface area (Å²) >= 11 is 0. The molecule has 0 unspecified atom stereocenters. The maximum Gasteiger partial charge on any atom is 0.227 e. The Morgan fingerprint density at radius 3 is 2.55 bits per heavy atom. The van der Waals surface area contributed by atoms with Crippen LogP contribution in [0.2, 0.25) is 0 Å². The molecule has 0 saturated carbocycles. The Morgan fingerprint density at radius 1 is 1.03 bits per heavy atom. The number of nitrogens with zero attached hydrogens (tertiary/aromatic N) is 7. The van der Waals surface area contributed by atoms with Crippen molar-refractivity contribution in [2.75, 3.05) is 38.2 Å². The van der Waals surface area contributed by atoms with Crippen LogP contribution in [0.5, 0.6) is 5.75 Å². The zero-order valence-electron chi connectivity index (χ0n) is 18.7. The Bertz CT molecular complexity index is 1280. The minimum atomic E-state index is 0.151. The fourth-order valence-corrected chi connectivity index (χ4v) is 4.14. The molecule has 1 aliphatic heterocycles. The summed E-state index contributed by atoms with van der Waals surface area (Å²) in [6, 6.07) is 15.7. The van der Waals surface area contributed by atoms with Crippen molar-refractivity contribution in [3.05, 3.63) is 66.0 Å². The van der Waals surface area contributed by atoms with Crippen molar-refractivity contribution in [1.82, 2.24) is 29.9 Å². The number of methoxy groups -OCH3 is 1. The molecule has 2 aromatic heterocycles. The van der Waals surface area contributed by atoms with Crippen molar-refractivity contribution in [2.24, 2.45) is 0 Å². The van der Waals surface area contributed by atoms with Crippen LogP contribution in [0.1, 0.15) is 11.1 Å². The number of carbonyl (C=O) groups excluding carboxylic acids is 1. The second-order valence-electron chi connectivity index (χ2n) is 8.10. The molecule has 0 N–H and O–H groups in total. The van der Waals surface area contributed by atoms with Crippen LogP contribution in [0.15, 0.2) is 54.9 Å². The SMILES string of the molecule is COc1ccc(-n2nnc3c(N4CCN(C(=O)Cc5cccc(C)c5)CC4)ncnc32)cc1. The van der Waals surface area contributed by atoms with Gasteiger partial charge in [0.1, 0.15) is 12.1 Å². The van der Waals surface area contributed by atoms with Crippen LogP contribution in [0.3, 0.4) is 0 Å². The Labute approximate surface area is 191 Å². The van der Waals surface area contributed by atoms with Gasteiger partial charge in [0.25, 0.3) is 0 Å². The first kappa shape index (κ1) is 20.9. The van der Waals surface area contributed by atoms with Crippen molar-refractivity contribution in [3.63, 3.8) is 0 Å². The van der Waals surface area contributed by atoms with Crippen molar-refractivity contribution in [2.45, 2.75) is 13.3 Å². The maximum atomic E-state index is 12.8. The highest BCUT2D eigenvalue weighted by atomic mass is 16.5. The first-order valence-corrected chi connectivity index (χ1v) is 10.9. The number of amides is 1. The predicted octanol–water partition coefficient (Wildman–Crippen LogP) is 2.42. The summed E-state index contributed by atoms with van der Waals surface area (Å²) < 4.78 is 6.93. The Kier molecular flexibility index (Phi) is 5.60.